The number of nitrogens with zero attached hydrogens (tertiary/aromatic N) is 2. The van der Waals surface area contributed by atoms with Crippen molar-refractivity contribution in [2.24, 2.45) is 0 Å². The smallest absolute Gasteiger partial charge is 0.128 e. The van der Waals surface area contributed by atoms with Gasteiger partial charge in [0.1, 0.15) is 16.2 Å². The Bertz CT molecular complexity index is 833. The Balaban J connectivity index is 2.12. The Kier molecular flexibility index (Phi) is 4.33. The lowest BCUT2D eigenvalue weighted by molar-refractivity contribution is -0.304. The van der Waals surface area contributed by atoms with Gasteiger partial charge in [0.05, 0.1) is 11.4 Å². The molecule has 0 aliphatic heterocycles. The molecular formula is C15H10ClN2O2S2-. The highest BCUT2D eigenvalue weighted by atomic mass is 35.5. The van der Waals surface area contributed by atoms with Gasteiger partial charge in [-0.15, -0.1) is 11.3 Å². The van der Waals surface area contributed by atoms with Gasteiger partial charge in [0.2, 0.25) is 0 Å². The largest absolute Gasteiger partial charge is 0.549 e. The number of halogens is 1. The van der Waals surface area contributed by atoms with Crippen LogP contribution in [0.4, 0.5) is 0 Å². The molecule has 0 amide bonds. The Morgan fingerprint density at radius 2 is 2.05 bits per heavy atom. The number of fused-ring (bicyclic) bond motifs is 1. The van der Waals surface area contributed by atoms with E-state index >= 15 is 0 Å². The number of thiophene rings is 1. The van der Waals surface area contributed by atoms with Crippen molar-refractivity contribution >= 4 is 50.9 Å². The van der Waals surface area contributed by atoms with Crippen LogP contribution in [0.15, 0.2) is 41.0 Å². The molecule has 0 fully saturated rings. The summed E-state index contributed by atoms with van der Waals surface area (Å²) in [5, 5.41) is 14.5. The Labute approximate surface area is 140 Å². The lowest BCUT2D eigenvalue weighted by Crippen LogP contribution is -2.31. The van der Waals surface area contributed by atoms with E-state index in [4.69, 9.17) is 11.6 Å². The third-order valence-corrected chi connectivity index (χ3v) is 5.33. The van der Waals surface area contributed by atoms with Crippen molar-refractivity contribution < 1.29 is 9.90 Å². The molecule has 2 heterocycles. The SMILES string of the molecule is C[C@@H](Sc1ncnc2scc(-c3ccc(Cl)cc3)c12)C(=O)[O-]. The average molecular weight is 350 g/mol. The van der Waals surface area contributed by atoms with Crippen LogP contribution in [-0.4, -0.2) is 21.2 Å². The first-order chi connectivity index (χ1) is 10.6. The van der Waals surface area contributed by atoms with Crippen LogP contribution in [0.25, 0.3) is 21.3 Å². The monoisotopic (exact) mass is 349 g/mol. The van der Waals surface area contributed by atoms with Crippen molar-refractivity contribution in [2.75, 3.05) is 0 Å². The lowest BCUT2D eigenvalue weighted by atomic mass is 10.1. The third kappa shape index (κ3) is 2.95. The first-order valence-corrected chi connectivity index (χ1v) is 8.55. The predicted molar refractivity (Wildman–Crippen MR) is 88.2 cm³/mol. The first kappa shape index (κ1) is 15.3. The van der Waals surface area contributed by atoms with E-state index in [1.54, 1.807) is 6.92 Å². The van der Waals surface area contributed by atoms with Crippen molar-refractivity contribution in [2.45, 2.75) is 17.2 Å². The van der Waals surface area contributed by atoms with Crippen LogP contribution in [0.3, 0.4) is 0 Å². The molecule has 0 radical (unpaired) electrons. The second kappa shape index (κ2) is 6.24. The van der Waals surface area contributed by atoms with Crippen LogP contribution in [0, 0.1) is 0 Å². The van der Waals surface area contributed by atoms with Gasteiger partial charge in [-0.2, -0.15) is 0 Å². The minimum atomic E-state index is -1.11. The molecule has 1 aromatic carbocycles. The number of hydrogen-bond donors (Lipinski definition) is 0. The van der Waals surface area contributed by atoms with E-state index in [0.717, 1.165) is 21.3 Å². The van der Waals surface area contributed by atoms with E-state index in [0.29, 0.717) is 10.0 Å². The fourth-order valence-corrected chi connectivity index (χ4v) is 3.96. The summed E-state index contributed by atoms with van der Waals surface area (Å²) in [6.07, 6.45) is 1.45. The highest BCUT2D eigenvalue weighted by Gasteiger charge is 2.16. The van der Waals surface area contributed by atoms with Gasteiger partial charge >= 0.3 is 0 Å². The van der Waals surface area contributed by atoms with Gasteiger partial charge in [0.25, 0.3) is 0 Å². The number of aliphatic carboxylic acids is 1. The zero-order chi connectivity index (χ0) is 15.7. The van der Waals surface area contributed by atoms with Gasteiger partial charge < -0.3 is 9.90 Å². The van der Waals surface area contributed by atoms with Crippen LogP contribution in [-0.2, 0) is 4.79 Å². The van der Waals surface area contributed by atoms with E-state index < -0.39 is 11.2 Å². The maximum Gasteiger partial charge on any atom is 0.128 e. The summed E-state index contributed by atoms with van der Waals surface area (Å²) in [6, 6.07) is 7.49. The van der Waals surface area contributed by atoms with Crippen molar-refractivity contribution in [3.63, 3.8) is 0 Å². The number of thioether (sulfide) groups is 1. The van der Waals surface area contributed by atoms with E-state index in [-0.39, 0.29) is 0 Å². The number of aromatic nitrogens is 2. The number of benzene rings is 1. The number of carboxylic acids is 1. The molecule has 7 heteroatoms. The second-order valence-electron chi connectivity index (χ2n) is 4.59. The average Bonchev–Trinajstić information content (AvgIpc) is 2.93. The highest BCUT2D eigenvalue weighted by Crippen LogP contribution is 2.39. The van der Waals surface area contributed by atoms with Gasteiger partial charge in [0, 0.05) is 21.2 Å². The van der Waals surface area contributed by atoms with Crippen molar-refractivity contribution in [1.82, 2.24) is 9.97 Å². The standard InChI is InChI=1S/C15H11ClN2O2S2/c1-8(15(19)20)22-14-12-11(6-21-13(12)17-7-18-14)9-2-4-10(16)5-3-9/h2-8H,1H3,(H,19,20)/p-1/t8-/m1/s1. The number of carbonyl (C=O) groups is 1. The molecule has 0 N–H and O–H groups in total. The highest BCUT2D eigenvalue weighted by molar-refractivity contribution is 8.00. The van der Waals surface area contributed by atoms with Crippen LogP contribution in [0.2, 0.25) is 5.02 Å². The topological polar surface area (TPSA) is 65.9 Å². The molecule has 0 saturated carbocycles. The van der Waals surface area contributed by atoms with Crippen molar-refractivity contribution in [3.8, 4) is 11.1 Å². The maximum absolute atomic E-state index is 11.0. The molecular weight excluding hydrogens is 340 g/mol. The second-order valence-corrected chi connectivity index (χ2v) is 7.22. The van der Waals surface area contributed by atoms with Crippen LogP contribution in [0.5, 0.6) is 0 Å². The molecule has 0 saturated heterocycles. The lowest BCUT2D eigenvalue weighted by Gasteiger charge is -2.12. The zero-order valence-corrected chi connectivity index (χ0v) is 13.8. The number of carbonyl (C=O) groups excluding carboxylic acids is 1. The summed E-state index contributed by atoms with van der Waals surface area (Å²) in [7, 11) is 0. The molecule has 1 atom stereocenters. The Hall–Kier alpha value is -1.63. The normalized spacial score (nSPS) is 12.5. The fraction of sp³-hybridized carbons (Fsp3) is 0.133. The summed E-state index contributed by atoms with van der Waals surface area (Å²) in [6.45, 7) is 1.59. The van der Waals surface area contributed by atoms with Gasteiger partial charge in [-0.25, -0.2) is 9.97 Å². The summed E-state index contributed by atoms with van der Waals surface area (Å²) in [4.78, 5) is 20.3. The fourth-order valence-electron chi connectivity index (χ4n) is 1.99. The summed E-state index contributed by atoms with van der Waals surface area (Å²) in [5.41, 5.74) is 1.97. The molecule has 3 rings (SSSR count). The molecule has 3 aromatic rings. The van der Waals surface area contributed by atoms with E-state index in [1.807, 2.05) is 29.6 Å². The molecule has 2 aromatic heterocycles. The van der Waals surface area contributed by atoms with E-state index in [2.05, 4.69) is 9.97 Å². The van der Waals surface area contributed by atoms with E-state index in [1.165, 1.54) is 29.4 Å². The van der Waals surface area contributed by atoms with Crippen molar-refractivity contribution in [1.29, 1.82) is 0 Å². The Morgan fingerprint density at radius 3 is 2.73 bits per heavy atom. The number of carboxylic acid groups (broad SMARTS) is 1. The van der Waals surface area contributed by atoms with Gasteiger partial charge in [-0.05, 0) is 24.6 Å². The molecule has 22 heavy (non-hydrogen) atoms. The maximum atomic E-state index is 11.0. The van der Waals surface area contributed by atoms with Crippen molar-refractivity contribution in [3.05, 3.63) is 41.0 Å². The summed E-state index contributed by atoms with van der Waals surface area (Å²) >= 11 is 8.60. The number of hydrogen-bond acceptors (Lipinski definition) is 6. The molecule has 0 spiro atoms. The van der Waals surface area contributed by atoms with Crippen LogP contribution < -0.4 is 5.11 Å². The Morgan fingerprint density at radius 1 is 1.32 bits per heavy atom. The van der Waals surface area contributed by atoms with Gasteiger partial charge in [-0.1, -0.05) is 35.5 Å². The molecule has 0 unspecified atom stereocenters. The van der Waals surface area contributed by atoms with E-state index in [9.17, 15) is 9.90 Å². The van der Waals surface area contributed by atoms with Crippen LogP contribution in [0.1, 0.15) is 6.92 Å². The van der Waals surface area contributed by atoms with Gasteiger partial charge in [-0.3, -0.25) is 0 Å². The third-order valence-electron chi connectivity index (χ3n) is 3.11. The summed E-state index contributed by atoms with van der Waals surface area (Å²) in [5.74, 6) is -1.11. The number of rotatable bonds is 4. The molecule has 0 aliphatic rings. The molecule has 0 bridgehead atoms. The summed E-state index contributed by atoms with van der Waals surface area (Å²) < 4.78 is 0. The minimum Gasteiger partial charge on any atom is -0.549 e. The molecule has 112 valence electrons. The predicted octanol–water partition coefficient (Wildman–Crippen LogP) is 3.24. The van der Waals surface area contributed by atoms with Gasteiger partial charge in [0.15, 0.2) is 0 Å². The quantitative estimate of drug-likeness (QED) is 0.534. The zero-order valence-electron chi connectivity index (χ0n) is 11.4. The molecule has 0 aliphatic carbocycles. The van der Waals surface area contributed by atoms with Crippen LogP contribution >= 0.6 is 34.7 Å². The molecule has 4 nitrogen and oxygen atoms in total. The minimum absolute atomic E-state index is 0.646. The first-order valence-electron chi connectivity index (χ1n) is 6.42.